The topological polar surface area (TPSA) is 93.1 Å². The summed E-state index contributed by atoms with van der Waals surface area (Å²) in [6.07, 6.45) is 0.355. The molecule has 0 saturated carbocycles. The van der Waals surface area contributed by atoms with Gasteiger partial charge in [0, 0.05) is 19.2 Å². The fraction of sp³-hybridized carbons (Fsp3) is 0.348. The quantitative estimate of drug-likeness (QED) is 0.635. The molecule has 2 aromatic carbocycles. The minimum Gasteiger partial charge on any atom is -0.480 e. The van der Waals surface area contributed by atoms with Crippen LogP contribution in [0.4, 0.5) is 0 Å². The Balaban J connectivity index is 1.85. The van der Waals surface area contributed by atoms with Crippen molar-refractivity contribution in [1.29, 1.82) is 0 Å². The summed E-state index contributed by atoms with van der Waals surface area (Å²) in [5, 5.41) is 9.50. The zero-order valence-electron chi connectivity index (χ0n) is 17.4. The molecule has 3 rings (SSSR count). The Morgan fingerprint density at radius 2 is 1.77 bits per heavy atom. The van der Waals surface area contributed by atoms with Crippen molar-refractivity contribution >= 4 is 28.8 Å². The summed E-state index contributed by atoms with van der Waals surface area (Å²) in [4.78, 5) is 38.2. The molecule has 1 N–H and O–H groups in total. The Labute approximate surface area is 185 Å². The molecule has 0 spiro atoms. The number of hydrogen-bond donors (Lipinski definition) is 1. The van der Waals surface area contributed by atoms with E-state index >= 15 is 0 Å². The molecule has 1 aliphatic rings. The Morgan fingerprint density at radius 1 is 1.06 bits per heavy atom. The van der Waals surface area contributed by atoms with Crippen molar-refractivity contribution in [2.45, 2.75) is 32.9 Å². The molecule has 2 atom stereocenters. The van der Waals surface area contributed by atoms with Gasteiger partial charge >= 0.3 is 5.97 Å². The molecule has 7 nitrogen and oxygen atoms in total. The van der Waals surface area contributed by atoms with Crippen molar-refractivity contribution in [2.75, 3.05) is 12.5 Å². The zero-order valence-corrected chi connectivity index (χ0v) is 18.3. The van der Waals surface area contributed by atoms with Gasteiger partial charge in [0.15, 0.2) is 16.6 Å². The molecule has 1 aliphatic heterocycles. The lowest BCUT2D eigenvalue weighted by Gasteiger charge is -2.30. The van der Waals surface area contributed by atoms with Crippen LogP contribution >= 0.6 is 11.8 Å². The van der Waals surface area contributed by atoms with Crippen molar-refractivity contribution in [3.8, 4) is 11.5 Å². The molecule has 164 valence electrons. The van der Waals surface area contributed by atoms with E-state index in [2.05, 4.69) is 0 Å². The number of fused-ring (bicyclic) bond motifs is 1. The molecule has 1 amide bonds. The Kier molecular flexibility index (Phi) is 7.57. The number of ether oxygens (including phenoxy) is 2. The molecule has 0 unspecified atom stereocenters. The van der Waals surface area contributed by atoms with Crippen LogP contribution < -0.4 is 9.47 Å². The summed E-state index contributed by atoms with van der Waals surface area (Å²) in [6.45, 7) is 3.28. The Bertz CT molecular complexity index is 948. The second kappa shape index (κ2) is 10.3. The van der Waals surface area contributed by atoms with E-state index in [9.17, 15) is 19.5 Å². The van der Waals surface area contributed by atoms with Gasteiger partial charge in [0.05, 0.1) is 5.92 Å². The summed E-state index contributed by atoms with van der Waals surface area (Å²) in [7, 11) is 0. The minimum atomic E-state index is -1.08. The molecule has 31 heavy (non-hydrogen) atoms. The van der Waals surface area contributed by atoms with E-state index in [-0.39, 0.29) is 30.1 Å². The number of carbonyl (C=O) groups is 3. The number of carboxylic acids is 1. The minimum absolute atomic E-state index is 0.0932. The number of amides is 1. The van der Waals surface area contributed by atoms with Crippen LogP contribution in [-0.2, 0) is 27.3 Å². The molecule has 0 fully saturated rings. The predicted molar refractivity (Wildman–Crippen MR) is 117 cm³/mol. The fourth-order valence-corrected chi connectivity index (χ4v) is 4.04. The molecule has 0 bridgehead atoms. The van der Waals surface area contributed by atoms with E-state index in [1.807, 2.05) is 42.5 Å². The summed E-state index contributed by atoms with van der Waals surface area (Å²) in [5.74, 6) is -0.423. The van der Waals surface area contributed by atoms with Crippen molar-refractivity contribution in [1.82, 2.24) is 4.90 Å². The van der Waals surface area contributed by atoms with Crippen LogP contribution in [0, 0.1) is 5.92 Å². The van der Waals surface area contributed by atoms with E-state index in [1.54, 1.807) is 6.07 Å². The van der Waals surface area contributed by atoms with E-state index in [0.717, 1.165) is 22.9 Å². The van der Waals surface area contributed by atoms with Gasteiger partial charge in [0.1, 0.15) is 6.04 Å². The van der Waals surface area contributed by atoms with E-state index in [4.69, 9.17) is 9.47 Å². The lowest BCUT2D eigenvalue weighted by molar-refractivity contribution is -0.151. The van der Waals surface area contributed by atoms with Gasteiger partial charge in [0.2, 0.25) is 12.7 Å². The number of thioether (sulfide) groups is 1. The monoisotopic (exact) mass is 443 g/mol. The van der Waals surface area contributed by atoms with Crippen LogP contribution in [0.3, 0.4) is 0 Å². The lowest BCUT2D eigenvalue weighted by atomic mass is 9.98. The SMILES string of the molecule is CC(=O)SC[C@@H](Cc1ccc2c(c1)OCO2)C(=O)N(Cc1ccccc1)[C@@H](C)C(=O)O. The van der Waals surface area contributed by atoms with Crippen molar-refractivity contribution in [2.24, 2.45) is 5.92 Å². The summed E-state index contributed by atoms with van der Waals surface area (Å²) in [6, 6.07) is 13.7. The third-order valence-electron chi connectivity index (χ3n) is 5.06. The maximum absolute atomic E-state index is 13.5. The van der Waals surface area contributed by atoms with Crippen LogP contribution in [-0.4, -0.2) is 45.6 Å². The van der Waals surface area contributed by atoms with Gasteiger partial charge in [-0.1, -0.05) is 48.2 Å². The van der Waals surface area contributed by atoms with Crippen molar-refractivity contribution in [3.63, 3.8) is 0 Å². The molecular weight excluding hydrogens is 418 g/mol. The highest BCUT2D eigenvalue weighted by molar-refractivity contribution is 8.13. The highest BCUT2D eigenvalue weighted by Crippen LogP contribution is 2.33. The molecule has 0 saturated heterocycles. The second-order valence-electron chi connectivity index (χ2n) is 7.36. The molecule has 0 radical (unpaired) electrons. The normalized spacial score (nSPS) is 14.0. The van der Waals surface area contributed by atoms with E-state index < -0.39 is 17.9 Å². The first-order valence-electron chi connectivity index (χ1n) is 9.94. The van der Waals surface area contributed by atoms with Crippen LogP contribution in [0.5, 0.6) is 11.5 Å². The third kappa shape index (κ3) is 6.01. The first kappa shape index (κ1) is 22.7. The number of carboxylic acid groups (broad SMARTS) is 1. The van der Waals surface area contributed by atoms with Crippen LogP contribution in [0.15, 0.2) is 48.5 Å². The van der Waals surface area contributed by atoms with Crippen LogP contribution in [0.2, 0.25) is 0 Å². The predicted octanol–water partition coefficient (Wildman–Crippen LogP) is 3.36. The smallest absolute Gasteiger partial charge is 0.326 e. The number of aliphatic carboxylic acids is 1. The van der Waals surface area contributed by atoms with Gasteiger partial charge in [0.25, 0.3) is 0 Å². The standard InChI is InChI=1S/C23H25NO6S/c1-15(23(27)28)24(12-17-6-4-3-5-7-17)22(26)19(13-31-16(2)25)10-18-8-9-20-21(11-18)30-14-29-20/h3-9,11,15,19H,10,12-14H2,1-2H3,(H,27,28)/t15-,19+/m0/s1. The Morgan fingerprint density at radius 3 is 2.45 bits per heavy atom. The van der Waals surface area contributed by atoms with E-state index in [0.29, 0.717) is 17.9 Å². The van der Waals surface area contributed by atoms with Crippen molar-refractivity contribution < 1.29 is 29.0 Å². The molecular formula is C23H25NO6S. The Hall–Kier alpha value is -3.00. The van der Waals surface area contributed by atoms with Gasteiger partial charge < -0.3 is 19.5 Å². The average molecular weight is 444 g/mol. The summed E-state index contributed by atoms with van der Waals surface area (Å²) in [5.41, 5.74) is 1.69. The third-order valence-corrected chi connectivity index (χ3v) is 6.04. The van der Waals surface area contributed by atoms with Gasteiger partial charge in [-0.05, 0) is 36.6 Å². The first-order chi connectivity index (χ1) is 14.8. The largest absolute Gasteiger partial charge is 0.480 e. The molecule has 1 heterocycles. The molecule has 0 aromatic heterocycles. The van der Waals surface area contributed by atoms with Gasteiger partial charge in [-0.3, -0.25) is 9.59 Å². The van der Waals surface area contributed by atoms with Crippen LogP contribution in [0.25, 0.3) is 0 Å². The molecule has 8 heteroatoms. The van der Waals surface area contributed by atoms with E-state index in [1.165, 1.54) is 18.7 Å². The lowest BCUT2D eigenvalue weighted by Crippen LogP contribution is -2.46. The van der Waals surface area contributed by atoms with Gasteiger partial charge in [-0.25, -0.2) is 4.79 Å². The highest BCUT2D eigenvalue weighted by atomic mass is 32.2. The molecule has 0 aliphatic carbocycles. The maximum Gasteiger partial charge on any atom is 0.326 e. The van der Waals surface area contributed by atoms with Gasteiger partial charge in [-0.15, -0.1) is 0 Å². The zero-order chi connectivity index (χ0) is 22.4. The fourth-order valence-electron chi connectivity index (χ4n) is 3.34. The second-order valence-corrected chi connectivity index (χ2v) is 8.55. The first-order valence-corrected chi connectivity index (χ1v) is 10.9. The number of carbonyl (C=O) groups excluding carboxylic acids is 2. The van der Waals surface area contributed by atoms with Crippen LogP contribution in [0.1, 0.15) is 25.0 Å². The number of rotatable bonds is 9. The average Bonchev–Trinajstić information content (AvgIpc) is 3.22. The summed E-state index contributed by atoms with van der Waals surface area (Å²) >= 11 is 1.07. The highest BCUT2D eigenvalue weighted by Gasteiger charge is 2.32. The number of nitrogens with zero attached hydrogens (tertiary/aromatic N) is 1. The number of hydrogen-bond acceptors (Lipinski definition) is 6. The van der Waals surface area contributed by atoms with Gasteiger partial charge in [-0.2, -0.15) is 0 Å². The summed E-state index contributed by atoms with van der Waals surface area (Å²) < 4.78 is 10.8. The maximum atomic E-state index is 13.5. The molecule has 2 aromatic rings. The van der Waals surface area contributed by atoms with Crippen molar-refractivity contribution in [3.05, 3.63) is 59.7 Å². The number of benzene rings is 2.